The van der Waals surface area contributed by atoms with E-state index in [-0.39, 0.29) is 43.6 Å². The molecule has 11 heteroatoms. The number of nitrogens with two attached hydrogens (primary N) is 1. The fraction of sp³-hybridized carbons (Fsp3) is 0.526. The van der Waals surface area contributed by atoms with E-state index in [1.165, 1.54) is 17.0 Å². The maximum Gasteiger partial charge on any atom is 0.253 e. The summed E-state index contributed by atoms with van der Waals surface area (Å²) in [6, 6.07) is 1.98. The zero-order valence-corrected chi connectivity index (χ0v) is 16.7. The van der Waals surface area contributed by atoms with Crippen LogP contribution in [0.25, 0.3) is 0 Å². The molecule has 0 spiro atoms. The topological polar surface area (TPSA) is 105 Å². The van der Waals surface area contributed by atoms with Crippen molar-refractivity contribution in [3.8, 4) is 0 Å². The number of amides is 3. The molecule has 8 nitrogen and oxygen atoms in total. The molecule has 0 radical (unpaired) electrons. The van der Waals surface area contributed by atoms with Gasteiger partial charge in [0.2, 0.25) is 5.91 Å². The molecule has 3 amide bonds. The first-order valence-electron chi connectivity index (χ1n) is 9.40. The molecule has 1 saturated heterocycles. The van der Waals surface area contributed by atoms with Crippen LogP contribution >= 0.6 is 0 Å². The molecular formula is C19H25F3N4O4. The van der Waals surface area contributed by atoms with E-state index in [0.29, 0.717) is 0 Å². The Balaban J connectivity index is 2.19. The number of hydrogen-bond acceptors (Lipinski definition) is 5. The molecule has 30 heavy (non-hydrogen) atoms. The Labute approximate surface area is 172 Å². The summed E-state index contributed by atoms with van der Waals surface area (Å²) in [5.74, 6) is -3.32. The molecule has 1 fully saturated rings. The highest BCUT2D eigenvalue weighted by Crippen LogP contribution is 2.24. The number of carbonyl (C=O) groups excluding carboxylic acids is 3. The van der Waals surface area contributed by atoms with Gasteiger partial charge in [0.05, 0.1) is 18.8 Å². The third-order valence-electron chi connectivity index (χ3n) is 4.35. The first-order valence-corrected chi connectivity index (χ1v) is 9.40. The van der Waals surface area contributed by atoms with Crippen LogP contribution < -0.4 is 16.0 Å². The van der Waals surface area contributed by atoms with Crippen molar-refractivity contribution in [3.05, 3.63) is 24.0 Å². The number of halogens is 3. The Morgan fingerprint density at radius 2 is 2.00 bits per heavy atom. The predicted octanol–water partition coefficient (Wildman–Crippen LogP) is 1.20. The van der Waals surface area contributed by atoms with Crippen LogP contribution in [-0.2, 0) is 19.1 Å². The quantitative estimate of drug-likeness (QED) is 0.573. The van der Waals surface area contributed by atoms with Crippen molar-refractivity contribution in [2.75, 3.05) is 43.1 Å². The first-order chi connectivity index (χ1) is 14.1. The molecule has 166 valence electrons. The van der Waals surface area contributed by atoms with Gasteiger partial charge in [-0.15, -0.1) is 0 Å². The molecular weight excluding hydrogens is 405 g/mol. The van der Waals surface area contributed by atoms with Crippen molar-refractivity contribution in [1.29, 1.82) is 0 Å². The number of anilines is 2. The van der Waals surface area contributed by atoms with Crippen LogP contribution in [0.1, 0.15) is 13.8 Å². The van der Waals surface area contributed by atoms with Gasteiger partial charge in [0.1, 0.15) is 12.4 Å². The van der Waals surface area contributed by atoms with Gasteiger partial charge in [-0.25, -0.2) is 13.2 Å². The number of primary amides is 1. The number of nitrogens with zero attached hydrogens (tertiary/aromatic N) is 2. The molecule has 1 aromatic rings. The summed E-state index contributed by atoms with van der Waals surface area (Å²) in [4.78, 5) is 38.6. The molecule has 1 aromatic carbocycles. The average Bonchev–Trinajstić information content (AvgIpc) is 2.61. The SMILES string of the molecule is CC(C)CN(CC(F)F)[C@@H](C(N)=O)C(=O)Nc1ccc(N2CCOCC2=O)c(F)c1. The Morgan fingerprint density at radius 3 is 2.53 bits per heavy atom. The average molecular weight is 430 g/mol. The van der Waals surface area contributed by atoms with E-state index in [9.17, 15) is 27.6 Å². The second-order valence-electron chi connectivity index (χ2n) is 7.30. The second-order valence-corrected chi connectivity index (χ2v) is 7.30. The van der Waals surface area contributed by atoms with Crippen molar-refractivity contribution in [2.24, 2.45) is 11.7 Å². The van der Waals surface area contributed by atoms with E-state index < -0.39 is 42.6 Å². The number of ether oxygens (including phenoxy) is 1. The Hall–Kier alpha value is -2.66. The third-order valence-corrected chi connectivity index (χ3v) is 4.35. The minimum Gasteiger partial charge on any atom is -0.370 e. The van der Waals surface area contributed by atoms with Gasteiger partial charge in [0.15, 0.2) is 6.04 Å². The molecule has 0 aliphatic carbocycles. The van der Waals surface area contributed by atoms with Crippen LogP contribution in [0.3, 0.4) is 0 Å². The maximum absolute atomic E-state index is 14.5. The lowest BCUT2D eigenvalue weighted by Gasteiger charge is -2.30. The summed E-state index contributed by atoms with van der Waals surface area (Å²) in [6.45, 7) is 3.01. The first kappa shape index (κ1) is 23.6. The number of benzene rings is 1. The van der Waals surface area contributed by atoms with Gasteiger partial charge in [-0.1, -0.05) is 13.8 Å². The number of hydrogen-bond donors (Lipinski definition) is 2. The Bertz CT molecular complexity index is 781. The van der Waals surface area contributed by atoms with Gasteiger partial charge < -0.3 is 20.7 Å². The largest absolute Gasteiger partial charge is 0.370 e. The molecule has 2 rings (SSSR count). The van der Waals surface area contributed by atoms with E-state index in [1.807, 2.05) is 0 Å². The highest BCUT2D eigenvalue weighted by atomic mass is 19.3. The van der Waals surface area contributed by atoms with Gasteiger partial charge in [-0.05, 0) is 24.1 Å². The van der Waals surface area contributed by atoms with Crippen molar-refractivity contribution in [1.82, 2.24) is 4.90 Å². The van der Waals surface area contributed by atoms with E-state index in [0.717, 1.165) is 11.0 Å². The summed E-state index contributed by atoms with van der Waals surface area (Å²) in [7, 11) is 0. The van der Waals surface area contributed by atoms with E-state index >= 15 is 0 Å². The maximum atomic E-state index is 14.5. The summed E-state index contributed by atoms with van der Waals surface area (Å²) >= 11 is 0. The lowest BCUT2D eigenvalue weighted by atomic mass is 10.1. The number of alkyl halides is 2. The zero-order chi connectivity index (χ0) is 22.4. The fourth-order valence-electron chi connectivity index (χ4n) is 3.19. The van der Waals surface area contributed by atoms with E-state index in [4.69, 9.17) is 10.5 Å². The van der Waals surface area contributed by atoms with Crippen molar-refractivity contribution in [3.63, 3.8) is 0 Å². The second kappa shape index (κ2) is 10.4. The van der Waals surface area contributed by atoms with Gasteiger partial charge in [0, 0.05) is 18.8 Å². The van der Waals surface area contributed by atoms with Crippen molar-refractivity contribution >= 4 is 29.1 Å². The summed E-state index contributed by atoms with van der Waals surface area (Å²) in [6.07, 6.45) is -2.78. The van der Waals surface area contributed by atoms with Crippen molar-refractivity contribution < 1.29 is 32.3 Å². The summed E-state index contributed by atoms with van der Waals surface area (Å²) in [5.41, 5.74) is 5.31. The molecule has 1 atom stereocenters. The minimum atomic E-state index is -2.78. The van der Waals surface area contributed by atoms with Crippen LogP contribution in [0.15, 0.2) is 18.2 Å². The fourth-order valence-corrected chi connectivity index (χ4v) is 3.19. The third kappa shape index (κ3) is 6.17. The number of morpholine rings is 1. The minimum absolute atomic E-state index is 0.00486. The molecule has 1 aliphatic rings. The standard InChI is InChI=1S/C19H25F3N4O4/c1-11(2)8-25(9-15(21)22)17(18(23)28)19(29)24-12-3-4-14(13(20)7-12)26-5-6-30-10-16(26)27/h3-4,7,11,15,17H,5-6,8-10H2,1-2H3,(H2,23,28)(H,24,29)/t17-/m0/s1. The molecule has 0 saturated carbocycles. The monoisotopic (exact) mass is 430 g/mol. The number of rotatable bonds is 9. The highest BCUT2D eigenvalue weighted by Gasteiger charge is 2.33. The highest BCUT2D eigenvalue weighted by molar-refractivity contribution is 6.09. The van der Waals surface area contributed by atoms with E-state index in [1.54, 1.807) is 13.8 Å². The Morgan fingerprint density at radius 1 is 1.30 bits per heavy atom. The molecule has 0 unspecified atom stereocenters. The summed E-state index contributed by atoms with van der Waals surface area (Å²) in [5, 5.41) is 2.34. The van der Waals surface area contributed by atoms with Crippen molar-refractivity contribution in [2.45, 2.75) is 26.3 Å². The van der Waals surface area contributed by atoms with Crippen LogP contribution in [0.4, 0.5) is 24.5 Å². The molecule has 0 bridgehead atoms. The van der Waals surface area contributed by atoms with Gasteiger partial charge >= 0.3 is 0 Å². The molecule has 3 N–H and O–H groups in total. The van der Waals surface area contributed by atoms with Crippen LogP contribution in [0.5, 0.6) is 0 Å². The van der Waals surface area contributed by atoms with Crippen LogP contribution in [0, 0.1) is 11.7 Å². The lowest BCUT2D eigenvalue weighted by molar-refractivity contribution is -0.133. The Kier molecular flexibility index (Phi) is 8.18. The normalized spacial score (nSPS) is 15.7. The van der Waals surface area contributed by atoms with Gasteiger partial charge in [-0.3, -0.25) is 19.3 Å². The smallest absolute Gasteiger partial charge is 0.253 e. The molecule has 1 heterocycles. The van der Waals surface area contributed by atoms with Crippen LogP contribution in [0.2, 0.25) is 0 Å². The lowest BCUT2D eigenvalue weighted by Crippen LogP contribution is -2.54. The summed E-state index contributed by atoms with van der Waals surface area (Å²) < 4.78 is 45.4. The predicted molar refractivity (Wildman–Crippen MR) is 104 cm³/mol. The van der Waals surface area contributed by atoms with Crippen LogP contribution in [-0.4, -0.2) is 67.9 Å². The van der Waals surface area contributed by atoms with Gasteiger partial charge in [-0.2, -0.15) is 0 Å². The van der Waals surface area contributed by atoms with Gasteiger partial charge in [0.25, 0.3) is 18.2 Å². The molecule has 1 aliphatic heterocycles. The number of nitrogens with one attached hydrogen (secondary N) is 1. The molecule has 0 aromatic heterocycles. The van der Waals surface area contributed by atoms with E-state index in [2.05, 4.69) is 5.32 Å². The number of carbonyl (C=O) groups is 3. The zero-order valence-electron chi connectivity index (χ0n) is 16.7.